The summed E-state index contributed by atoms with van der Waals surface area (Å²) in [4.78, 5) is 10.5. The Morgan fingerprint density at radius 2 is 1.81 bits per heavy atom. The third kappa shape index (κ3) is 3.07. The lowest BCUT2D eigenvalue weighted by Crippen LogP contribution is -2.15. The number of aliphatic carboxylic acids is 1. The van der Waals surface area contributed by atoms with E-state index in [9.17, 15) is 4.79 Å². The molecule has 1 aromatic rings. The third-order valence-electron chi connectivity index (χ3n) is 2.78. The molecule has 3 nitrogen and oxygen atoms in total. The summed E-state index contributed by atoms with van der Waals surface area (Å²) in [6.07, 6.45) is 0.605. The van der Waals surface area contributed by atoms with Crippen molar-refractivity contribution in [3.8, 4) is 0 Å². The molecular weight excluding hydrogens is 202 g/mol. The van der Waals surface area contributed by atoms with Gasteiger partial charge in [-0.3, -0.25) is 4.79 Å². The monoisotopic (exact) mass is 221 g/mol. The summed E-state index contributed by atoms with van der Waals surface area (Å²) >= 11 is 0. The third-order valence-corrected chi connectivity index (χ3v) is 2.78. The number of carboxylic acid groups (broad SMARTS) is 1. The molecule has 1 atom stereocenters. The van der Waals surface area contributed by atoms with Gasteiger partial charge in [0.2, 0.25) is 0 Å². The van der Waals surface area contributed by atoms with Gasteiger partial charge < -0.3 is 10.8 Å². The van der Waals surface area contributed by atoms with Crippen LogP contribution in [0.1, 0.15) is 41.1 Å². The van der Waals surface area contributed by atoms with Crippen LogP contribution in [-0.4, -0.2) is 11.1 Å². The molecule has 16 heavy (non-hydrogen) atoms. The summed E-state index contributed by atoms with van der Waals surface area (Å²) in [6.45, 7) is 6.10. The van der Waals surface area contributed by atoms with Crippen LogP contribution < -0.4 is 5.73 Å². The molecule has 0 amide bonds. The van der Waals surface area contributed by atoms with E-state index in [0.29, 0.717) is 6.42 Å². The van der Waals surface area contributed by atoms with Crippen molar-refractivity contribution < 1.29 is 9.90 Å². The van der Waals surface area contributed by atoms with E-state index in [1.807, 2.05) is 20.8 Å². The zero-order valence-electron chi connectivity index (χ0n) is 10.1. The maximum Gasteiger partial charge on any atom is 0.303 e. The number of nitrogens with two attached hydrogens (primary N) is 1. The zero-order chi connectivity index (χ0) is 12.3. The molecule has 1 rings (SSSR count). The number of rotatable bonds is 4. The molecule has 0 radical (unpaired) electrons. The predicted octanol–water partition coefficient (Wildman–Crippen LogP) is 2.48. The topological polar surface area (TPSA) is 63.3 Å². The van der Waals surface area contributed by atoms with Crippen LogP contribution in [0.2, 0.25) is 0 Å². The van der Waals surface area contributed by atoms with Crippen LogP contribution in [0.4, 0.5) is 0 Å². The minimum absolute atomic E-state index is 0.119. The molecule has 0 aliphatic heterocycles. The summed E-state index contributed by atoms with van der Waals surface area (Å²) in [6, 6.07) is 3.99. The first-order chi connectivity index (χ1) is 7.41. The highest BCUT2D eigenvalue weighted by Gasteiger charge is 2.13. The largest absolute Gasteiger partial charge is 0.481 e. The molecule has 3 N–H and O–H groups in total. The summed E-state index contributed by atoms with van der Waals surface area (Å²) in [5, 5.41) is 8.64. The van der Waals surface area contributed by atoms with E-state index < -0.39 is 5.97 Å². The van der Waals surface area contributed by atoms with Crippen molar-refractivity contribution in [3.05, 3.63) is 34.4 Å². The SMILES string of the molecule is Cc1cc(C)c(C(N)CCC(=O)O)c(C)c1. The number of hydrogen-bond donors (Lipinski definition) is 2. The summed E-state index contributed by atoms with van der Waals surface area (Å²) in [5.74, 6) is -0.794. The van der Waals surface area contributed by atoms with Gasteiger partial charge in [0.05, 0.1) is 0 Å². The van der Waals surface area contributed by atoms with Gasteiger partial charge in [-0.25, -0.2) is 0 Å². The van der Waals surface area contributed by atoms with Crippen molar-refractivity contribution in [3.63, 3.8) is 0 Å². The molecule has 0 heterocycles. The van der Waals surface area contributed by atoms with E-state index in [0.717, 1.165) is 16.7 Å². The van der Waals surface area contributed by atoms with Crippen LogP contribution in [0, 0.1) is 20.8 Å². The molecule has 3 heteroatoms. The van der Waals surface area contributed by atoms with Crippen molar-refractivity contribution in [1.82, 2.24) is 0 Å². The average molecular weight is 221 g/mol. The quantitative estimate of drug-likeness (QED) is 0.821. The average Bonchev–Trinajstić information content (AvgIpc) is 2.12. The van der Waals surface area contributed by atoms with Crippen LogP contribution >= 0.6 is 0 Å². The van der Waals surface area contributed by atoms with Gasteiger partial charge in [0.25, 0.3) is 0 Å². The Morgan fingerprint density at radius 3 is 2.25 bits per heavy atom. The summed E-state index contributed by atoms with van der Waals surface area (Å²) < 4.78 is 0. The minimum Gasteiger partial charge on any atom is -0.481 e. The van der Waals surface area contributed by atoms with Gasteiger partial charge in [0.15, 0.2) is 0 Å². The molecule has 1 aromatic carbocycles. The van der Waals surface area contributed by atoms with E-state index >= 15 is 0 Å². The summed E-state index contributed by atoms with van der Waals surface area (Å²) in [5.41, 5.74) is 10.6. The standard InChI is InChI=1S/C13H19NO2/c1-8-6-9(2)13(10(3)7-8)11(14)4-5-12(15)16/h6-7,11H,4-5,14H2,1-3H3,(H,15,16). The Labute approximate surface area is 96.3 Å². The lowest BCUT2D eigenvalue weighted by Gasteiger charge is -2.17. The molecular formula is C13H19NO2. The first kappa shape index (κ1) is 12.7. The lowest BCUT2D eigenvalue weighted by molar-refractivity contribution is -0.137. The Hall–Kier alpha value is -1.35. The van der Waals surface area contributed by atoms with E-state index in [1.54, 1.807) is 0 Å². The number of carbonyl (C=O) groups is 1. The molecule has 0 aliphatic carbocycles. The molecule has 88 valence electrons. The van der Waals surface area contributed by atoms with Crippen LogP contribution in [0.15, 0.2) is 12.1 Å². The van der Waals surface area contributed by atoms with E-state index in [2.05, 4.69) is 12.1 Å². The highest BCUT2D eigenvalue weighted by atomic mass is 16.4. The fourth-order valence-electron chi connectivity index (χ4n) is 2.20. The highest BCUT2D eigenvalue weighted by molar-refractivity contribution is 5.66. The predicted molar refractivity (Wildman–Crippen MR) is 64.5 cm³/mol. The second-order valence-corrected chi connectivity index (χ2v) is 4.35. The molecule has 0 aromatic heterocycles. The minimum atomic E-state index is -0.794. The molecule has 0 fully saturated rings. The number of aryl methyl sites for hydroxylation is 3. The normalized spacial score (nSPS) is 12.5. The van der Waals surface area contributed by atoms with Crippen molar-refractivity contribution >= 4 is 5.97 Å². The molecule has 0 aliphatic rings. The Kier molecular flexibility index (Phi) is 4.07. The lowest BCUT2D eigenvalue weighted by atomic mass is 9.92. The van der Waals surface area contributed by atoms with Crippen molar-refractivity contribution in [2.45, 2.75) is 39.7 Å². The molecule has 0 saturated carbocycles. The van der Waals surface area contributed by atoms with Gasteiger partial charge in [0, 0.05) is 12.5 Å². The Bertz CT molecular complexity index is 376. The fraction of sp³-hybridized carbons (Fsp3) is 0.462. The molecule has 0 saturated heterocycles. The van der Waals surface area contributed by atoms with Gasteiger partial charge >= 0.3 is 5.97 Å². The second-order valence-electron chi connectivity index (χ2n) is 4.35. The van der Waals surface area contributed by atoms with Gasteiger partial charge in [-0.1, -0.05) is 17.7 Å². The molecule has 0 spiro atoms. The first-order valence-corrected chi connectivity index (χ1v) is 5.47. The van der Waals surface area contributed by atoms with Crippen LogP contribution in [0.25, 0.3) is 0 Å². The van der Waals surface area contributed by atoms with Crippen molar-refractivity contribution in [2.24, 2.45) is 5.73 Å². The van der Waals surface area contributed by atoms with Gasteiger partial charge in [-0.15, -0.1) is 0 Å². The van der Waals surface area contributed by atoms with Crippen LogP contribution in [-0.2, 0) is 4.79 Å². The highest BCUT2D eigenvalue weighted by Crippen LogP contribution is 2.24. The van der Waals surface area contributed by atoms with E-state index in [1.165, 1.54) is 5.56 Å². The van der Waals surface area contributed by atoms with Gasteiger partial charge in [0.1, 0.15) is 0 Å². The molecule has 1 unspecified atom stereocenters. The fourth-order valence-corrected chi connectivity index (χ4v) is 2.20. The zero-order valence-corrected chi connectivity index (χ0v) is 10.1. The van der Waals surface area contributed by atoms with Crippen molar-refractivity contribution in [1.29, 1.82) is 0 Å². The van der Waals surface area contributed by atoms with Gasteiger partial charge in [-0.05, 0) is 43.9 Å². The summed E-state index contributed by atoms with van der Waals surface area (Å²) in [7, 11) is 0. The van der Waals surface area contributed by atoms with Crippen molar-refractivity contribution in [2.75, 3.05) is 0 Å². The Balaban J connectivity index is 2.90. The number of benzene rings is 1. The maximum atomic E-state index is 10.5. The Morgan fingerprint density at radius 1 is 1.31 bits per heavy atom. The van der Waals surface area contributed by atoms with E-state index in [4.69, 9.17) is 10.8 Å². The molecule has 0 bridgehead atoms. The smallest absolute Gasteiger partial charge is 0.303 e. The van der Waals surface area contributed by atoms with Gasteiger partial charge in [-0.2, -0.15) is 0 Å². The van der Waals surface area contributed by atoms with Crippen LogP contribution in [0.5, 0.6) is 0 Å². The number of hydrogen-bond acceptors (Lipinski definition) is 2. The first-order valence-electron chi connectivity index (χ1n) is 5.47. The number of carboxylic acids is 1. The second kappa shape index (κ2) is 5.12. The maximum absolute atomic E-state index is 10.5. The van der Waals surface area contributed by atoms with E-state index in [-0.39, 0.29) is 12.5 Å². The van der Waals surface area contributed by atoms with Crippen LogP contribution in [0.3, 0.4) is 0 Å².